The van der Waals surface area contributed by atoms with Crippen molar-refractivity contribution in [3.05, 3.63) is 0 Å². The van der Waals surface area contributed by atoms with Crippen molar-refractivity contribution in [3.63, 3.8) is 0 Å². The molecule has 0 aromatic rings. The lowest BCUT2D eigenvalue weighted by Gasteiger charge is -2.18. The molecule has 1 amide bonds. The molecule has 5 heteroatoms. The molecule has 5 nitrogen and oxygen atoms in total. The second kappa shape index (κ2) is 9.88. The lowest BCUT2D eigenvalue weighted by molar-refractivity contribution is -0.145. The Kier molecular flexibility index (Phi) is 9.28. The van der Waals surface area contributed by atoms with Gasteiger partial charge in [0.25, 0.3) is 0 Å². The van der Waals surface area contributed by atoms with Crippen LogP contribution in [-0.4, -0.2) is 38.2 Å². The first kappa shape index (κ1) is 16.9. The van der Waals surface area contributed by atoms with E-state index in [1.54, 1.807) is 0 Å². The third-order valence-electron chi connectivity index (χ3n) is 2.35. The van der Waals surface area contributed by atoms with Gasteiger partial charge in [0.05, 0.1) is 13.7 Å². The van der Waals surface area contributed by atoms with Crippen LogP contribution >= 0.6 is 0 Å². The highest BCUT2D eigenvalue weighted by Crippen LogP contribution is 2.06. The van der Waals surface area contributed by atoms with Gasteiger partial charge in [-0.15, -0.1) is 0 Å². The van der Waals surface area contributed by atoms with Crippen molar-refractivity contribution < 1.29 is 19.1 Å². The predicted octanol–water partition coefficient (Wildman–Crippen LogP) is 1.51. The molecule has 18 heavy (non-hydrogen) atoms. The smallest absolute Gasteiger partial charge is 0.328 e. The van der Waals surface area contributed by atoms with Gasteiger partial charge in [0.2, 0.25) is 5.91 Å². The van der Waals surface area contributed by atoms with E-state index in [1.807, 2.05) is 20.8 Å². The second-order valence-corrected chi connectivity index (χ2v) is 4.64. The molecular formula is C13H25NO4. The van der Waals surface area contributed by atoms with Crippen molar-refractivity contribution in [1.29, 1.82) is 0 Å². The van der Waals surface area contributed by atoms with E-state index in [0.29, 0.717) is 25.6 Å². The van der Waals surface area contributed by atoms with E-state index in [-0.39, 0.29) is 12.3 Å². The number of ether oxygens (including phenoxy) is 2. The summed E-state index contributed by atoms with van der Waals surface area (Å²) in [5, 5.41) is 2.68. The van der Waals surface area contributed by atoms with Crippen molar-refractivity contribution >= 4 is 11.9 Å². The zero-order chi connectivity index (χ0) is 14.0. The van der Waals surface area contributed by atoms with Crippen LogP contribution < -0.4 is 5.32 Å². The molecule has 0 bridgehead atoms. The van der Waals surface area contributed by atoms with Crippen LogP contribution in [-0.2, 0) is 19.1 Å². The molecule has 0 aromatic heterocycles. The second-order valence-electron chi connectivity index (χ2n) is 4.64. The Morgan fingerprint density at radius 1 is 1.22 bits per heavy atom. The summed E-state index contributed by atoms with van der Waals surface area (Å²) in [6.45, 7) is 7.03. The molecule has 0 saturated heterocycles. The quantitative estimate of drug-likeness (QED) is 0.503. The lowest BCUT2D eigenvalue weighted by Crippen LogP contribution is -2.42. The molecule has 0 aliphatic heterocycles. The molecule has 1 atom stereocenters. The largest absolute Gasteiger partial charge is 0.467 e. The van der Waals surface area contributed by atoms with Gasteiger partial charge in [0.1, 0.15) is 6.04 Å². The van der Waals surface area contributed by atoms with Crippen molar-refractivity contribution in [2.24, 2.45) is 5.92 Å². The summed E-state index contributed by atoms with van der Waals surface area (Å²) < 4.78 is 9.90. The average molecular weight is 259 g/mol. The van der Waals surface area contributed by atoms with Crippen molar-refractivity contribution in [3.8, 4) is 0 Å². The van der Waals surface area contributed by atoms with Gasteiger partial charge in [0.15, 0.2) is 0 Å². The molecule has 1 N–H and O–H groups in total. The number of carbonyl (C=O) groups is 2. The van der Waals surface area contributed by atoms with Crippen LogP contribution in [0.2, 0.25) is 0 Å². The highest BCUT2D eigenvalue weighted by atomic mass is 16.5. The first-order valence-corrected chi connectivity index (χ1v) is 6.46. The van der Waals surface area contributed by atoms with Gasteiger partial charge in [-0.05, 0) is 18.8 Å². The zero-order valence-corrected chi connectivity index (χ0v) is 11.8. The number of amides is 1. The Bertz CT molecular complexity index is 253. The van der Waals surface area contributed by atoms with E-state index < -0.39 is 12.0 Å². The van der Waals surface area contributed by atoms with Gasteiger partial charge < -0.3 is 14.8 Å². The summed E-state index contributed by atoms with van der Waals surface area (Å²) in [5.41, 5.74) is 0. The van der Waals surface area contributed by atoms with Gasteiger partial charge in [0, 0.05) is 13.0 Å². The number of esters is 1. The molecule has 0 aliphatic carbocycles. The summed E-state index contributed by atoms with van der Waals surface area (Å²) in [6, 6.07) is -0.561. The van der Waals surface area contributed by atoms with E-state index in [4.69, 9.17) is 4.74 Å². The van der Waals surface area contributed by atoms with E-state index in [9.17, 15) is 9.59 Å². The van der Waals surface area contributed by atoms with Crippen LogP contribution in [0.15, 0.2) is 0 Å². The van der Waals surface area contributed by atoms with E-state index in [2.05, 4.69) is 10.1 Å². The van der Waals surface area contributed by atoms with E-state index in [1.165, 1.54) is 7.11 Å². The first-order chi connectivity index (χ1) is 8.51. The Morgan fingerprint density at radius 3 is 2.39 bits per heavy atom. The van der Waals surface area contributed by atoms with Gasteiger partial charge in [-0.1, -0.05) is 20.8 Å². The summed E-state index contributed by atoms with van der Waals surface area (Å²) in [6.07, 6.45) is 1.78. The number of hydrogen-bond donors (Lipinski definition) is 1. The summed E-state index contributed by atoms with van der Waals surface area (Å²) >= 11 is 0. The fourth-order valence-corrected chi connectivity index (χ4v) is 1.51. The topological polar surface area (TPSA) is 64.6 Å². The first-order valence-electron chi connectivity index (χ1n) is 6.46. The molecule has 0 fully saturated rings. The molecule has 0 heterocycles. The van der Waals surface area contributed by atoms with Crippen LogP contribution in [0.1, 0.15) is 40.0 Å². The number of methoxy groups -OCH3 is 1. The highest BCUT2D eigenvalue weighted by Gasteiger charge is 2.22. The van der Waals surface area contributed by atoms with Crippen LogP contribution in [0.3, 0.4) is 0 Å². The molecule has 0 aliphatic rings. The average Bonchev–Trinajstić information content (AvgIpc) is 2.32. The molecule has 0 spiro atoms. The molecule has 0 rings (SSSR count). The van der Waals surface area contributed by atoms with Gasteiger partial charge in [-0.3, -0.25) is 4.79 Å². The standard InChI is InChI=1S/C13H25NO4/c1-5-7-18-8-6-12(15)14-11(9-10(2)3)13(16)17-4/h10-11H,5-9H2,1-4H3,(H,14,15). The minimum Gasteiger partial charge on any atom is -0.467 e. The highest BCUT2D eigenvalue weighted by molar-refractivity contribution is 5.84. The maximum absolute atomic E-state index is 11.6. The predicted molar refractivity (Wildman–Crippen MR) is 69.1 cm³/mol. The maximum atomic E-state index is 11.6. The zero-order valence-electron chi connectivity index (χ0n) is 11.8. The summed E-state index contributed by atoms with van der Waals surface area (Å²) in [7, 11) is 1.33. The third kappa shape index (κ3) is 8.06. The molecule has 106 valence electrons. The Labute approximate surface area is 109 Å². The molecule has 0 aromatic carbocycles. The molecular weight excluding hydrogens is 234 g/mol. The van der Waals surface area contributed by atoms with Crippen LogP contribution in [0.5, 0.6) is 0 Å². The Balaban J connectivity index is 4.06. The lowest BCUT2D eigenvalue weighted by atomic mass is 10.0. The van der Waals surface area contributed by atoms with Crippen molar-refractivity contribution in [2.45, 2.75) is 46.1 Å². The van der Waals surface area contributed by atoms with Crippen molar-refractivity contribution in [1.82, 2.24) is 5.32 Å². The molecule has 1 unspecified atom stereocenters. The Morgan fingerprint density at radius 2 is 1.89 bits per heavy atom. The minimum atomic E-state index is -0.561. The van der Waals surface area contributed by atoms with Gasteiger partial charge >= 0.3 is 5.97 Å². The fraction of sp³-hybridized carbons (Fsp3) is 0.846. The monoisotopic (exact) mass is 259 g/mol. The van der Waals surface area contributed by atoms with Crippen molar-refractivity contribution in [2.75, 3.05) is 20.3 Å². The van der Waals surface area contributed by atoms with E-state index >= 15 is 0 Å². The third-order valence-corrected chi connectivity index (χ3v) is 2.35. The number of nitrogens with one attached hydrogen (secondary N) is 1. The van der Waals surface area contributed by atoms with Crippen LogP contribution in [0, 0.1) is 5.92 Å². The summed E-state index contributed by atoms with van der Waals surface area (Å²) in [5.74, 6) is -0.264. The fourth-order valence-electron chi connectivity index (χ4n) is 1.51. The number of hydrogen-bond acceptors (Lipinski definition) is 4. The minimum absolute atomic E-state index is 0.179. The Hall–Kier alpha value is -1.10. The maximum Gasteiger partial charge on any atom is 0.328 e. The molecule has 0 saturated carbocycles. The SMILES string of the molecule is CCCOCCC(=O)NC(CC(C)C)C(=O)OC. The number of carbonyl (C=O) groups excluding carboxylic acids is 2. The molecule has 0 radical (unpaired) electrons. The van der Waals surface area contributed by atoms with Gasteiger partial charge in [-0.2, -0.15) is 0 Å². The van der Waals surface area contributed by atoms with Crippen LogP contribution in [0.25, 0.3) is 0 Å². The van der Waals surface area contributed by atoms with Gasteiger partial charge in [-0.25, -0.2) is 4.79 Å². The normalized spacial score (nSPS) is 12.3. The van der Waals surface area contributed by atoms with E-state index in [0.717, 1.165) is 6.42 Å². The van der Waals surface area contributed by atoms with Crippen LogP contribution in [0.4, 0.5) is 0 Å². The summed E-state index contributed by atoms with van der Waals surface area (Å²) in [4.78, 5) is 23.1. The number of rotatable bonds is 9.